The number of fused-ring (bicyclic) bond motifs is 1. The van der Waals surface area contributed by atoms with E-state index >= 15 is 0 Å². The minimum Gasteiger partial charge on any atom is -0.508 e. The molecule has 0 aromatic heterocycles. The van der Waals surface area contributed by atoms with Crippen molar-refractivity contribution in [3.05, 3.63) is 125 Å². The van der Waals surface area contributed by atoms with E-state index in [9.17, 15) is 24.3 Å². The van der Waals surface area contributed by atoms with Crippen LogP contribution in [0.15, 0.2) is 97.1 Å². The predicted octanol–water partition coefficient (Wildman–Crippen LogP) is 6.53. The van der Waals surface area contributed by atoms with Crippen LogP contribution in [0.2, 0.25) is 0 Å². The minimum absolute atomic E-state index is 0.100. The van der Waals surface area contributed by atoms with E-state index in [0.717, 1.165) is 103 Å². The van der Waals surface area contributed by atoms with Crippen LogP contribution in [-0.4, -0.2) is 83.9 Å². The summed E-state index contributed by atoms with van der Waals surface area (Å²) in [5.74, 6) is -0.846. The van der Waals surface area contributed by atoms with Crippen molar-refractivity contribution in [2.24, 2.45) is 0 Å². The van der Waals surface area contributed by atoms with Gasteiger partial charge < -0.3 is 14.7 Å². The summed E-state index contributed by atoms with van der Waals surface area (Å²) in [6, 6.07) is 30.3. The molecule has 54 heavy (non-hydrogen) atoms. The fourth-order valence-electron chi connectivity index (χ4n) is 7.64. The smallest absolute Gasteiger partial charge is 0.262 e. The molecule has 3 heterocycles. The Morgan fingerprint density at radius 2 is 1.41 bits per heavy atom. The van der Waals surface area contributed by atoms with Crippen molar-refractivity contribution in [1.29, 1.82) is 0 Å². The van der Waals surface area contributed by atoms with Gasteiger partial charge in [0.15, 0.2) is 0 Å². The monoisotopic (exact) mass is 726 g/mol. The molecule has 7 rings (SSSR count). The fourth-order valence-corrected chi connectivity index (χ4v) is 7.64. The lowest BCUT2D eigenvalue weighted by Crippen LogP contribution is -2.54. The molecule has 4 amide bonds. The summed E-state index contributed by atoms with van der Waals surface area (Å²) in [6.07, 6.45) is 4.58. The van der Waals surface area contributed by atoms with E-state index < -0.39 is 23.8 Å². The average molecular weight is 727 g/mol. The first kappa shape index (κ1) is 36.6. The number of nitrogens with zero attached hydrogens (tertiary/aromatic N) is 3. The van der Waals surface area contributed by atoms with Crippen molar-refractivity contribution in [2.75, 3.05) is 44.2 Å². The number of carbonyl (C=O) groups excluding carboxylic acids is 4. The number of hydrogen-bond donors (Lipinski definition) is 2. The van der Waals surface area contributed by atoms with Crippen molar-refractivity contribution in [1.82, 2.24) is 15.1 Å². The van der Waals surface area contributed by atoms with Crippen LogP contribution in [0.4, 0.5) is 5.69 Å². The number of phenols is 1. The normalized spacial score (nSPS) is 18.1. The number of rotatable bonds is 13. The molecular formula is C44H46N4O6. The average Bonchev–Trinajstić information content (AvgIpc) is 3.44. The molecule has 1 unspecified atom stereocenters. The lowest BCUT2D eigenvalue weighted by atomic mass is 9.90. The number of piperidine rings is 1. The molecule has 0 aliphatic carbocycles. The number of piperazine rings is 1. The summed E-state index contributed by atoms with van der Waals surface area (Å²) in [5.41, 5.74) is 7.08. The van der Waals surface area contributed by atoms with E-state index in [1.807, 2.05) is 48.5 Å². The summed E-state index contributed by atoms with van der Waals surface area (Å²) in [6.45, 7) is 7.31. The summed E-state index contributed by atoms with van der Waals surface area (Å²) >= 11 is 0. The van der Waals surface area contributed by atoms with Crippen molar-refractivity contribution < 1.29 is 29.0 Å². The van der Waals surface area contributed by atoms with E-state index in [1.54, 1.807) is 24.3 Å². The number of anilines is 1. The largest absolute Gasteiger partial charge is 0.508 e. The summed E-state index contributed by atoms with van der Waals surface area (Å²) in [5, 5.41) is 12.1. The standard InChI is InChI=1S/C44H46N4O6/c1-30(31-9-5-4-6-10-31)41(32-11-16-35(49)17-12-32)33-13-18-36(19-14-33)54-28-8-3-2-7-23-46-24-26-47(27-25-46)34-15-20-37-38(29-34)44(53)48(43(37)52)39-21-22-40(50)45-42(39)51/h4-6,9-20,29,39,49H,2-3,7-8,21-28H2,1H3,(H,45,50,51)/b41-30-. The van der Waals surface area contributed by atoms with Crippen molar-refractivity contribution in [3.8, 4) is 11.5 Å². The molecule has 2 N–H and O–H groups in total. The number of aromatic hydroxyl groups is 1. The molecule has 0 spiro atoms. The maximum atomic E-state index is 13.3. The van der Waals surface area contributed by atoms with Crippen LogP contribution in [0, 0.1) is 0 Å². The van der Waals surface area contributed by atoms with Gasteiger partial charge in [-0.15, -0.1) is 0 Å². The van der Waals surface area contributed by atoms with Gasteiger partial charge in [0.05, 0.1) is 17.7 Å². The molecule has 10 nitrogen and oxygen atoms in total. The van der Waals surface area contributed by atoms with Crippen molar-refractivity contribution >= 4 is 40.5 Å². The second kappa shape index (κ2) is 16.5. The molecule has 278 valence electrons. The van der Waals surface area contributed by atoms with Gasteiger partial charge in [-0.25, -0.2) is 0 Å². The molecule has 0 radical (unpaired) electrons. The topological polar surface area (TPSA) is 119 Å². The quantitative estimate of drug-likeness (QED) is 0.0907. The Kier molecular flexibility index (Phi) is 11.2. The Balaban J connectivity index is 0.831. The third-order valence-corrected chi connectivity index (χ3v) is 10.7. The molecule has 0 saturated carbocycles. The number of amides is 4. The molecule has 4 aromatic carbocycles. The number of unbranched alkanes of at least 4 members (excludes halogenated alkanes) is 3. The van der Waals surface area contributed by atoms with Gasteiger partial charge in [-0.2, -0.15) is 0 Å². The van der Waals surface area contributed by atoms with Gasteiger partial charge in [-0.3, -0.25) is 34.3 Å². The van der Waals surface area contributed by atoms with E-state index in [4.69, 9.17) is 4.74 Å². The number of ether oxygens (including phenoxy) is 1. The highest BCUT2D eigenvalue weighted by molar-refractivity contribution is 6.23. The summed E-state index contributed by atoms with van der Waals surface area (Å²) < 4.78 is 6.11. The molecule has 2 fully saturated rings. The van der Waals surface area contributed by atoms with Crippen molar-refractivity contribution in [3.63, 3.8) is 0 Å². The number of imide groups is 2. The molecule has 3 aliphatic rings. The Bertz CT molecular complexity index is 2040. The van der Waals surface area contributed by atoms with Crippen LogP contribution >= 0.6 is 0 Å². The molecule has 1 atom stereocenters. The third-order valence-electron chi connectivity index (χ3n) is 10.7. The Morgan fingerprint density at radius 3 is 2.11 bits per heavy atom. The molecule has 4 aromatic rings. The lowest BCUT2D eigenvalue weighted by molar-refractivity contribution is -0.136. The highest BCUT2D eigenvalue weighted by Crippen LogP contribution is 2.34. The first-order valence-electron chi connectivity index (χ1n) is 18.9. The first-order valence-corrected chi connectivity index (χ1v) is 18.9. The minimum atomic E-state index is -0.961. The van der Waals surface area contributed by atoms with Crippen LogP contribution in [0.25, 0.3) is 11.1 Å². The summed E-state index contributed by atoms with van der Waals surface area (Å²) in [4.78, 5) is 56.0. The summed E-state index contributed by atoms with van der Waals surface area (Å²) in [7, 11) is 0. The first-order chi connectivity index (χ1) is 26.3. The maximum absolute atomic E-state index is 13.3. The zero-order valence-electron chi connectivity index (χ0n) is 30.6. The zero-order valence-corrected chi connectivity index (χ0v) is 30.6. The van der Waals surface area contributed by atoms with Crippen LogP contribution in [0.3, 0.4) is 0 Å². The number of benzene rings is 4. The van der Waals surface area contributed by atoms with Crippen LogP contribution in [0.1, 0.15) is 82.9 Å². The molecule has 2 saturated heterocycles. The van der Waals surface area contributed by atoms with Gasteiger partial charge in [-0.1, -0.05) is 67.4 Å². The SMILES string of the molecule is C/C(=C(\c1ccc(O)cc1)c1ccc(OCCCCCCN2CCN(c3ccc4c(c3)C(=O)N(C3CCC(=O)NC3=O)C4=O)CC2)cc1)c1ccccc1. The Morgan fingerprint density at radius 1 is 0.741 bits per heavy atom. The number of hydrogen-bond acceptors (Lipinski definition) is 8. The second-order valence-electron chi connectivity index (χ2n) is 14.2. The highest BCUT2D eigenvalue weighted by atomic mass is 16.5. The van der Waals surface area contributed by atoms with Gasteiger partial charge in [0, 0.05) is 38.3 Å². The van der Waals surface area contributed by atoms with E-state index in [1.165, 1.54) is 0 Å². The van der Waals surface area contributed by atoms with Gasteiger partial charge in [0.25, 0.3) is 11.8 Å². The maximum Gasteiger partial charge on any atom is 0.262 e. The molecule has 10 heteroatoms. The van der Waals surface area contributed by atoms with Crippen LogP contribution in [0.5, 0.6) is 11.5 Å². The van der Waals surface area contributed by atoms with Gasteiger partial charge in [0.1, 0.15) is 17.5 Å². The molecular weight excluding hydrogens is 681 g/mol. The number of phenolic OH excluding ortho intramolecular Hbond substituents is 1. The van der Waals surface area contributed by atoms with E-state index in [2.05, 4.69) is 46.3 Å². The van der Waals surface area contributed by atoms with Crippen LogP contribution < -0.4 is 15.0 Å². The van der Waals surface area contributed by atoms with Gasteiger partial charge in [-0.05, 0) is 103 Å². The number of carbonyl (C=O) groups is 4. The molecule has 3 aliphatic heterocycles. The third kappa shape index (κ3) is 8.09. The van der Waals surface area contributed by atoms with E-state index in [0.29, 0.717) is 17.7 Å². The fraction of sp³-hybridized carbons (Fsp3) is 0.318. The van der Waals surface area contributed by atoms with Gasteiger partial charge in [0.2, 0.25) is 11.8 Å². The number of allylic oxidation sites excluding steroid dienone is 1. The predicted molar refractivity (Wildman–Crippen MR) is 208 cm³/mol. The van der Waals surface area contributed by atoms with Crippen molar-refractivity contribution in [2.45, 2.75) is 51.5 Å². The Labute approximate surface area is 316 Å². The van der Waals surface area contributed by atoms with E-state index in [-0.39, 0.29) is 24.5 Å². The number of nitrogens with one attached hydrogen (secondary N) is 1. The zero-order chi connectivity index (χ0) is 37.6. The van der Waals surface area contributed by atoms with Gasteiger partial charge >= 0.3 is 0 Å². The highest BCUT2D eigenvalue weighted by Gasteiger charge is 2.44. The second-order valence-corrected chi connectivity index (χ2v) is 14.2. The Hall–Kier alpha value is -5.74. The van der Waals surface area contributed by atoms with Crippen LogP contribution in [-0.2, 0) is 9.59 Å². The molecule has 0 bridgehead atoms. The lowest BCUT2D eigenvalue weighted by Gasteiger charge is -2.36.